The molecule has 1 rings (SSSR count). The van der Waals surface area contributed by atoms with Gasteiger partial charge in [-0.15, -0.1) is 0 Å². The van der Waals surface area contributed by atoms with Gasteiger partial charge in [0.2, 0.25) is 5.91 Å². The second kappa shape index (κ2) is 6.47. The molecule has 0 aliphatic rings. The largest absolute Gasteiger partial charge is 0.348 e. The minimum absolute atomic E-state index is 0.0360. The molecule has 1 aromatic rings. The van der Waals surface area contributed by atoms with Crippen LogP contribution in [0.1, 0.15) is 11.1 Å². The van der Waals surface area contributed by atoms with E-state index in [0.29, 0.717) is 19.6 Å². The van der Waals surface area contributed by atoms with E-state index in [1.807, 2.05) is 11.9 Å². The van der Waals surface area contributed by atoms with Gasteiger partial charge in [-0.1, -0.05) is 6.07 Å². The van der Waals surface area contributed by atoms with Crippen LogP contribution in [0.4, 0.5) is 4.39 Å². The highest BCUT2D eigenvalue weighted by Gasteiger charge is 2.10. The maximum Gasteiger partial charge on any atom is 0.236 e. The van der Waals surface area contributed by atoms with Crippen LogP contribution < -0.4 is 5.73 Å². The minimum atomic E-state index is -0.286. The number of carbonyl (C=O) groups is 1. The Morgan fingerprint density at radius 2 is 1.94 bits per heavy atom. The van der Waals surface area contributed by atoms with Gasteiger partial charge in [0.15, 0.2) is 0 Å². The van der Waals surface area contributed by atoms with Crippen LogP contribution in [0.3, 0.4) is 0 Å². The van der Waals surface area contributed by atoms with Crippen molar-refractivity contribution < 1.29 is 9.18 Å². The average molecular weight is 253 g/mol. The summed E-state index contributed by atoms with van der Waals surface area (Å²) in [7, 11) is 5.30. The fraction of sp³-hybridized carbons (Fsp3) is 0.462. The quantitative estimate of drug-likeness (QED) is 0.844. The van der Waals surface area contributed by atoms with E-state index in [1.54, 1.807) is 25.1 Å². The Labute approximate surface area is 107 Å². The first-order valence-electron chi connectivity index (χ1n) is 5.80. The third kappa shape index (κ3) is 4.09. The Kier molecular flexibility index (Phi) is 5.25. The number of benzene rings is 1. The van der Waals surface area contributed by atoms with Crippen molar-refractivity contribution in [3.8, 4) is 0 Å². The highest BCUT2D eigenvalue weighted by molar-refractivity contribution is 5.77. The standard InChI is InChI=1S/C13H20FN3O/c1-16(2)13(18)9-17(3)8-10-4-5-12(14)6-11(10)7-15/h4-6H,7-9,15H2,1-3H3. The normalized spacial score (nSPS) is 10.8. The molecule has 4 nitrogen and oxygen atoms in total. The van der Waals surface area contributed by atoms with Gasteiger partial charge in [-0.25, -0.2) is 4.39 Å². The average Bonchev–Trinajstić information content (AvgIpc) is 2.31. The molecule has 5 heteroatoms. The number of nitrogens with zero attached hydrogens (tertiary/aromatic N) is 2. The van der Waals surface area contributed by atoms with Crippen molar-refractivity contribution in [2.75, 3.05) is 27.7 Å². The van der Waals surface area contributed by atoms with Crippen molar-refractivity contribution >= 4 is 5.91 Å². The first kappa shape index (κ1) is 14.6. The Morgan fingerprint density at radius 1 is 1.28 bits per heavy atom. The Morgan fingerprint density at radius 3 is 2.50 bits per heavy atom. The van der Waals surface area contributed by atoms with Gasteiger partial charge in [-0.2, -0.15) is 0 Å². The molecular weight excluding hydrogens is 233 g/mol. The maximum absolute atomic E-state index is 13.1. The second-order valence-corrected chi connectivity index (χ2v) is 4.58. The summed E-state index contributed by atoms with van der Waals surface area (Å²) < 4.78 is 13.1. The van der Waals surface area contributed by atoms with Crippen molar-refractivity contribution in [1.82, 2.24) is 9.80 Å². The number of nitrogens with two attached hydrogens (primary N) is 1. The summed E-state index contributed by atoms with van der Waals surface area (Å²) in [5, 5.41) is 0. The van der Waals surface area contributed by atoms with Crippen molar-refractivity contribution in [3.05, 3.63) is 35.1 Å². The van der Waals surface area contributed by atoms with Gasteiger partial charge in [0.1, 0.15) is 5.82 Å². The van der Waals surface area contributed by atoms with Crippen molar-refractivity contribution in [1.29, 1.82) is 0 Å². The molecule has 0 aliphatic carbocycles. The van der Waals surface area contributed by atoms with E-state index in [-0.39, 0.29) is 11.7 Å². The minimum Gasteiger partial charge on any atom is -0.348 e. The first-order valence-corrected chi connectivity index (χ1v) is 5.80. The summed E-state index contributed by atoms with van der Waals surface area (Å²) in [4.78, 5) is 15.0. The summed E-state index contributed by atoms with van der Waals surface area (Å²) in [6.45, 7) is 1.20. The molecule has 0 heterocycles. The predicted molar refractivity (Wildman–Crippen MR) is 69.3 cm³/mol. The molecule has 1 aromatic carbocycles. The fourth-order valence-electron chi connectivity index (χ4n) is 1.66. The Balaban J connectivity index is 2.69. The van der Waals surface area contributed by atoms with E-state index >= 15 is 0 Å². The van der Waals surface area contributed by atoms with Crippen LogP contribution in [0.5, 0.6) is 0 Å². The van der Waals surface area contributed by atoms with Gasteiger partial charge in [0.05, 0.1) is 6.54 Å². The molecule has 0 spiro atoms. The summed E-state index contributed by atoms with van der Waals surface area (Å²) >= 11 is 0. The molecule has 0 fully saturated rings. The lowest BCUT2D eigenvalue weighted by Gasteiger charge is -2.20. The Bertz CT molecular complexity index is 421. The highest BCUT2D eigenvalue weighted by Crippen LogP contribution is 2.12. The molecule has 0 bridgehead atoms. The van der Waals surface area contributed by atoms with E-state index in [2.05, 4.69) is 0 Å². The molecule has 1 amide bonds. The lowest BCUT2D eigenvalue weighted by atomic mass is 10.1. The molecule has 0 aromatic heterocycles. The summed E-state index contributed by atoms with van der Waals surface area (Å²) in [5.41, 5.74) is 7.31. The highest BCUT2D eigenvalue weighted by atomic mass is 19.1. The van der Waals surface area contributed by atoms with Gasteiger partial charge in [-0.05, 0) is 30.3 Å². The molecular formula is C13H20FN3O. The lowest BCUT2D eigenvalue weighted by Crippen LogP contribution is -2.34. The van der Waals surface area contributed by atoms with Crippen LogP contribution in [-0.4, -0.2) is 43.4 Å². The van der Waals surface area contributed by atoms with Gasteiger partial charge in [0.25, 0.3) is 0 Å². The number of rotatable bonds is 5. The van der Waals surface area contributed by atoms with Crippen LogP contribution in [0, 0.1) is 5.82 Å². The van der Waals surface area contributed by atoms with Crippen molar-refractivity contribution in [2.24, 2.45) is 5.73 Å². The zero-order valence-electron chi connectivity index (χ0n) is 11.1. The summed E-state index contributed by atoms with van der Waals surface area (Å²) in [5.74, 6) is -0.250. The molecule has 0 aliphatic heterocycles. The van der Waals surface area contributed by atoms with E-state index < -0.39 is 0 Å². The monoisotopic (exact) mass is 253 g/mol. The lowest BCUT2D eigenvalue weighted by molar-refractivity contribution is -0.129. The third-order valence-corrected chi connectivity index (χ3v) is 2.73. The number of likely N-dealkylation sites (N-methyl/N-ethyl adjacent to an activating group) is 2. The van der Waals surface area contributed by atoms with Crippen LogP contribution in [0.2, 0.25) is 0 Å². The smallest absolute Gasteiger partial charge is 0.236 e. The SMILES string of the molecule is CN(CC(=O)N(C)C)Cc1ccc(F)cc1CN. The van der Waals surface area contributed by atoms with Gasteiger partial charge in [-0.3, -0.25) is 9.69 Å². The molecule has 0 atom stereocenters. The maximum atomic E-state index is 13.1. The summed E-state index contributed by atoms with van der Waals surface area (Å²) in [6.07, 6.45) is 0. The summed E-state index contributed by atoms with van der Waals surface area (Å²) in [6, 6.07) is 4.57. The topological polar surface area (TPSA) is 49.6 Å². The number of hydrogen-bond acceptors (Lipinski definition) is 3. The molecule has 0 radical (unpaired) electrons. The predicted octanol–water partition coefficient (Wildman–Crippen LogP) is 0.804. The van der Waals surface area contributed by atoms with E-state index in [1.165, 1.54) is 12.1 Å². The molecule has 0 unspecified atom stereocenters. The first-order chi connectivity index (χ1) is 8.43. The number of halogens is 1. The van der Waals surface area contributed by atoms with Crippen LogP contribution in [-0.2, 0) is 17.9 Å². The molecule has 0 saturated carbocycles. The van der Waals surface area contributed by atoms with Crippen LogP contribution >= 0.6 is 0 Å². The molecule has 100 valence electrons. The zero-order valence-corrected chi connectivity index (χ0v) is 11.1. The third-order valence-electron chi connectivity index (χ3n) is 2.73. The van der Waals surface area contributed by atoms with Gasteiger partial charge < -0.3 is 10.6 Å². The molecule has 2 N–H and O–H groups in total. The van der Waals surface area contributed by atoms with Crippen LogP contribution in [0.15, 0.2) is 18.2 Å². The van der Waals surface area contributed by atoms with Crippen molar-refractivity contribution in [2.45, 2.75) is 13.1 Å². The second-order valence-electron chi connectivity index (χ2n) is 4.58. The van der Waals surface area contributed by atoms with Crippen LogP contribution in [0.25, 0.3) is 0 Å². The fourth-order valence-corrected chi connectivity index (χ4v) is 1.66. The van der Waals surface area contributed by atoms with Crippen molar-refractivity contribution in [3.63, 3.8) is 0 Å². The zero-order chi connectivity index (χ0) is 13.7. The van der Waals surface area contributed by atoms with Gasteiger partial charge >= 0.3 is 0 Å². The number of amides is 1. The molecule has 0 saturated heterocycles. The number of carbonyl (C=O) groups excluding carboxylic acids is 1. The molecule has 18 heavy (non-hydrogen) atoms. The van der Waals surface area contributed by atoms with E-state index in [9.17, 15) is 9.18 Å². The van der Waals surface area contributed by atoms with Gasteiger partial charge in [0, 0.05) is 27.2 Å². The van der Waals surface area contributed by atoms with E-state index in [0.717, 1.165) is 11.1 Å². The Hall–Kier alpha value is -1.46. The van der Waals surface area contributed by atoms with E-state index in [4.69, 9.17) is 5.73 Å². The number of hydrogen-bond donors (Lipinski definition) is 1.